The van der Waals surface area contributed by atoms with E-state index in [-0.39, 0.29) is 6.09 Å². The number of carbonyl (C=O) groups is 1. The maximum atomic E-state index is 11.4. The maximum Gasteiger partial charge on any atom is 0.409 e. The third kappa shape index (κ3) is 3.46. The first-order valence-corrected chi connectivity index (χ1v) is 5.18. The zero-order valence-corrected chi connectivity index (χ0v) is 9.90. The molecule has 0 fully saturated rings. The summed E-state index contributed by atoms with van der Waals surface area (Å²) < 4.78 is 10.00. The van der Waals surface area contributed by atoms with Gasteiger partial charge in [-0.1, -0.05) is 12.1 Å². The van der Waals surface area contributed by atoms with Crippen molar-refractivity contribution in [3.05, 3.63) is 29.8 Å². The Bertz CT molecular complexity index is 352. The van der Waals surface area contributed by atoms with Crippen molar-refractivity contribution in [2.45, 2.75) is 13.5 Å². The van der Waals surface area contributed by atoms with Gasteiger partial charge in [-0.05, 0) is 24.6 Å². The summed E-state index contributed by atoms with van der Waals surface area (Å²) >= 11 is 0. The summed E-state index contributed by atoms with van der Waals surface area (Å²) in [4.78, 5) is 12.9. The lowest BCUT2D eigenvalue weighted by atomic mass is 10.2. The highest BCUT2D eigenvalue weighted by Gasteiger charge is 2.09. The molecule has 1 amide bonds. The molecule has 0 aliphatic heterocycles. The molecule has 0 saturated carbocycles. The number of hydrogen-bond acceptors (Lipinski definition) is 3. The van der Waals surface area contributed by atoms with Gasteiger partial charge in [0.05, 0.1) is 13.7 Å². The minimum Gasteiger partial charge on any atom is -0.497 e. The van der Waals surface area contributed by atoms with Gasteiger partial charge in [0.2, 0.25) is 0 Å². The molecule has 88 valence electrons. The van der Waals surface area contributed by atoms with Gasteiger partial charge in [-0.3, -0.25) is 0 Å². The Kier molecular flexibility index (Phi) is 4.64. The summed E-state index contributed by atoms with van der Waals surface area (Å²) in [6.45, 7) is 2.69. The van der Waals surface area contributed by atoms with E-state index in [4.69, 9.17) is 9.47 Å². The van der Waals surface area contributed by atoms with Crippen LogP contribution in [-0.2, 0) is 11.3 Å². The van der Waals surface area contributed by atoms with Crippen LogP contribution < -0.4 is 4.74 Å². The number of benzene rings is 1. The van der Waals surface area contributed by atoms with Crippen molar-refractivity contribution in [3.8, 4) is 5.75 Å². The molecule has 4 heteroatoms. The summed E-state index contributed by atoms with van der Waals surface area (Å²) in [5, 5.41) is 0. The molecule has 4 nitrogen and oxygen atoms in total. The van der Waals surface area contributed by atoms with Crippen molar-refractivity contribution >= 4 is 6.09 Å². The fraction of sp³-hybridized carbons (Fsp3) is 0.417. The number of ether oxygens (including phenoxy) is 2. The molecule has 1 aromatic rings. The number of nitrogens with zero attached hydrogens (tertiary/aromatic N) is 1. The molecule has 0 heterocycles. The number of amides is 1. The molecule has 0 bridgehead atoms. The third-order valence-electron chi connectivity index (χ3n) is 2.13. The molecule has 16 heavy (non-hydrogen) atoms. The minimum absolute atomic E-state index is 0.315. The van der Waals surface area contributed by atoms with Crippen LogP contribution in [-0.4, -0.2) is 31.8 Å². The van der Waals surface area contributed by atoms with Crippen LogP contribution in [0.25, 0.3) is 0 Å². The molecule has 0 spiro atoms. The number of carbonyl (C=O) groups excluding carboxylic acids is 1. The molecule has 0 aromatic heterocycles. The fourth-order valence-electron chi connectivity index (χ4n) is 1.34. The zero-order chi connectivity index (χ0) is 12.0. The second-order valence-corrected chi connectivity index (χ2v) is 3.41. The molecule has 0 aliphatic rings. The molecule has 0 unspecified atom stereocenters. The van der Waals surface area contributed by atoms with Crippen molar-refractivity contribution in [2.75, 3.05) is 20.8 Å². The lowest BCUT2D eigenvalue weighted by Crippen LogP contribution is -2.26. The Hall–Kier alpha value is -1.71. The first kappa shape index (κ1) is 12.4. The van der Waals surface area contributed by atoms with Gasteiger partial charge in [-0.25, -0.2) is 4.79 Å². The number of hydrogen-bond donors (Lipinski definition) is 0. The molecule has 0 saturated heterocycles. The second kappa shape index (κ2) is 6.00. The quantitative estimate of drug-likeness (QED) is 0.786. The summed E-state index contributed by atoms with van der Waals surface area (Å²) in [6.07, 6.45) is -0.315. The van der Waals surface area contributed by atoms with Crippen molar-refractivity contribution in [1.29, 1.82) is 0 Å². The first-order valence-electron chi connectivity index (χ1n) is 5.18. The smallest absolute Gasteiger partial charge is 0.409 e. The van der Waals surface area contributed by atoms with E-state index in [0.29, 0.717) is 13.2 Å². The predicted molar refractivity (Wildman–Crippen MR) is 61.5 cm³/mol. The molecular formula is C12H17NO3. The van der Waals surface area contributed by atoms with E-state index in [1.807, 2.05) is 24.3 Å². The van der Waals surface area contributed by atoms with Gasteiger partial charge in [0, 0.05) is 13.6 Å². The minimum atomic E-state index is -0.315. The molecule has 1 aromatic carbocycles. The van der Waals surface area contributed by atoms with E-state index >= 15 is 0 Å². The second-order valence-electron chi connectivity index (χ2n) is 3.41. The Morgan fingerprint density at radius 1 is 1.44 bits per heavy atom. The number of rotatable bonds is 4. The van der Waals surface area contributed by atoms with E-state index in [9.17, 15) is 4.79 Å². The summed E-state index contributed by atoms with van der Waals surface area (Å²) in [6, 6.07) is 7.61. The van der Waals surface area contributed by atoms with Gasteiger partial charge in [0.15, 0.2) is 0 Å². The van der Waals surface area contributed by atoms with Crippen molar-refractivity contribution in [3.63, 3.8) is 0 Å². The SMILES string of the molecule is CCOC(=O)N(C)Cc1cccc(OC)c1. The van der Waals surface area contributed by atoms with Crippen LogP contribution in [0.15, 0.2) is 24.3 Å². The average Bonchev–Trinajstić information content (AvgIpc) is 2.29. The van der Waals surface area contributed by atoms with Crippen LogP contribution in [0.3, 0.4) is 0 Å². The summed E-state index contributed by atoms with van der Waals surface area (Å²) in [5.74, 6) is 0.787. The first-order chi connectivity index (χ1) is 7.67. The van der Waals surface area contributed by atoms with Crippen LogP contribution in [0.1, 0.15) is 12.5 Å². The van der Waals surface area contributed by atoms with E-state index in [1.54, 1.807) is 21.1 Å². The molecule has 0 atom stereocenters. The van der Waals surface area contributed by atoms with E-state index < -0.39 is 0 Å². The Morgan fingerprint density at radius 2 is 2.19 bits per heavy atom. The molecule has 0 N–H and O–H groups in total. The Balaban J connectivity index is 2.61. The third-order valence-corrected chi connectivity index (χ3v) is 2.13. The fourth-order valence-corrected chi connectivity index (χ4v) is 1.34. The highest BCUT2D eigenvalue weighted by molar-refractivity contribution is 5.67. The van der Waals surface area contributed by atoms with Gasteiger partial charge < -0.3 is 14.4 Å². The average molecular weight is 223 g/mol. The summed E-state index contributed by atoms with van der Waals surface area (Å²) in [7, 11) is 3.33. The Labute approximate surface area is 95.8 Å². The molecule has 1 rings (SSSR count). The molecular weight excluding hydrogens is 206 g/mol. The Morgan fingerprint density at radius 3 is 2.81 bits per heavy atom. The van der Waals surface area contributed by atoms with Crippen LogP contribution >= 0.6 is 0 Å². The topological polar surface area (TPSA) is 38.8 Å². The number of methoxy groups -OCH3 is 1. The monoisotopic (exact) mass is 223 g/mol. The van der Waals surface area contributed by atoms with Crippen molar-refractivity contribution in [2.24, 2.45) is 0 Å². The maximum absolute atomic E-state index is 11.4. The predicted octanol–water partition coefficient (Wildman–Crippen LogP) is 2.28. The lowest BCUT2D eigenvalue weighted by Gasteiger charge is -2.16. The zero-order valence-electron chi connectivity index (χ0n) is 9.90. The largest absolute Gasteiger partial charge is 0.497 e. The highest BCUT2D eigenvalue weighted by atomic mass is 16.6. The molecule has 0 radical (unpaired) electrons. The van der Waals surface area contributed by atoms with E-state index in [2.05, 4.69) is 0 Å². The van der Waals surface area contributed by atoms with Crippen LogP contribution in [0.2, 0.25) is 0 Å². The van der Waals surface area contributed by atoms with Crippen molar-refractivity contribution in [1.82, 2.24) is 4.90 Å². The van der Waals surface area contributed by atoms with Gasteiger partial charge in [0.1, 0.15) is 5.75 Å². The van der Waals surface area contributed by atoms with Gasteiger partial charge in [0.25, 0.3) is 0 Å². The van der Waals surface area contributed by atoms with Crippen LogP contribution in [0.5, 0.6) is 5.75 Å². The lowest BCUT2D eigenvalue weighted by molar-refractivity contribution is 0.114. The molecule has 0 aliphatic carbocycles. The van der Waals surface area contributed by atoms with E-state index in [1.165, 1.54) is 4.90 Å². The standard InChI is InChI=1S/C12H17NO3/c1-4-16-12(14)13(2)9-10-6-5-7-11(8-10)15-3/h5-8H,4,9H2,1-3H3. The highest BCUT2D eigenvalue weighted by Crippen LogP contribution is 2.14. The van der Waals surface area contributed by atoms with Crippen LogP contribution in [0.4, 0.5) is 4.79 Å². The van der Waals surface area contributed by atoms with Gasteiger partial charge >= 0.3 is 6.09 Å². The normalized spacial score (nSPS) is 9.69. The summed E-state index contributed by atoms with van der Waals surface area (Å²) in [5.41, 5.74) is 1.01. The van der Waals surface area contributed by atoms with Crippen LogP contribution in [0, 0.1) is 0 Å². The van der Waals surface area contributed by atoms with Crippen molar-refractivity contribution < 1.29 is 14.3 Å². The van der Waals surface area contributed by atoms with Gasteiger partial charge in [-0.15, -0.1) is 0 Å². The van der Waals surface area contributed by atoms with E-state index in [0.717, 1.165) is 11.3 Å². The van der Waals surface area contributed by atoms with Gasteiger partial charge in [-0.2, -0.15) is 0 Å².